The molecule has 0 saturated carbocycles. The second-order valence-electron chi connectivity index (χ2n) is 5.01. The van der Waals surface area contributed by atoms with E-state index >= 15 is 0 Å². The number of nitrogens with two attached hydrogens (primary N) is 1. The van der Waals surface area contributed by atoms with E-state index in [1.165, 1.54) is 13.2 Å². The van der Waals surface area contributed by atoms with Crippen LogP contribution in [0.5, 0.6) is 5.75 Å². The van der Waals surface area contributed by atoms with Crippen molar-refractivity contribution < 1.29 is 17.9 Å². The van der Waals surface area contributed by atoms with Crippen LogP contribution in [0.4, 0.5) is 13.2 Å². The molecule has 21 heavy (non-hydrogen) atoms. The molecule has 112 valence electrons. The lowest BCUT2D eigenvalue weighted by Gasteiger charge is -2.27. The van der Waals surface area contributed by atoms with E-state index in [1.54, 1.807) is 37.3 Å². The van der Waals surface area contributed by atoms with Crippen molar-refractivity contribution in [2.24, 2.45) is 5.73 Å². The first kappa shape index (κ1) is 15.4. The fourth-order valence-electron chi connectivity index (χ4n) is 2.13. The number of alkyl halides is 3. The van der Waals surface area contributed by atoms with Crippen molar-refractivity contribution in [3.63, 3.8) is 0 Å². The minimum absolute atomic E-state index is 0.394. The molecular weight excluding hydrogens is 279 g/mol. The zero-order valence-electron chi connectivity index (χ0n) is 11.7. The van der Waals surface area contributed by atoms with Crippen molar-refractivity contribution in [1.29, 1.82) is 0 Å². The van der Waals surface area contributed by atoms with Gasteiger partial charge in [0.25, 0.3) is 0 Å². The van der Waals surface area contributed by atoms with Gasteiger partial charge in [-0.15, -0.1) is 0 Å². The van der Waals surface area contributed by atoms with E-state index in [0.29, 0.717) is 16.9 Å². The molecule has 0 saturated heterocycles. The summed E-state index contributed by atoms with van der Waals surface area (Å²) in [6.45, 7) is 1.68. The fourth-order valence-corrected chi connectivity index (χ4v) is 2.13. The maximum atomic E-state index is 12.8. The number of benzene rings is 2. The number of halogens is 3. The Hall–Kier alpha value is -2.01. The highest BCUT2D eigenvalue weighted by Gasteiger charge is 2.32. The number of hydrogen-bond donors (Lipinski definition) is 1. The predicted molar refractivity (Wildman–Crippen MR) is 75.1 cm³/mol. The Bertz CT molecular complexity index is 635. The molecule has 0 amide bonds. The van der Waals surface area contributed by atoms with Gasteiger partial charge in [-0.3, -0.25) is 0 Å². The SMILES string of the molecule is COc1cccc(C(C)(N)c2cccc(C(F)(F)F)c2)c1. The summed E-state index contributed by atoms with van der Waals surface area (Å²) in [5, 5.41) is 0. The van der Waals surface area contributed by atoms with Crippen LogP contribution < -0.4 is 10.5 Å². The molecular formula is C16H16F3NO. The van der Waals surface area contributed by atoms with Gasteiger partial charge in [0.05, 0.1) is 18.2 Å². The smallest absolute Gasteiger partial charge is 0.416 e. The lowest BCUT2D eigenvalue weighted by atomic mass is 9.85. The maximum Gasteiger partial charge on any atom is 0.416 e. The van der Waals surface area contributed by atoms with Gasteiger partial charge in [-0.1, -0.05) is 24.3 Å². The Balaban J connectivity index is 2.48. The van der Waals surface area contributed by atoms with E-state index in [4.69, 9.17) is 10.5 Å². The van der Waals surface area contributed by atoms with Crippen LogP contribution in [0, 0.1) is 0 Å². The van der Waals surface area contributed by atoms with Crippen LogP contribution in [0.25, 0.3) is 0 Å². The van der Waals surface area contributed by atoms with Gasteiger partial charge in [0.15, 0.2) is 0 Å². The van der Waals surface area contributed by atoms with Gasteiger partial charge in [0.1, 0.15) is 5.75 Å². The first-order valence-electron chi connectivity index (χ1n) is 6.36. The third-order valence-electron chi connectivity index (χ3n) is 3.46. The minimum Gasteiger partial charge on any atom is -0.497 e. The van der Waals surface area contributed by atoms with Gasteiger partial charge >= 0.3 is 6.18 Å². The van der Waals surface area contributed by atoms with Crippen LogP contribution >= 0.6 is 0 Å². The Morgan fingerprint density at radius 1 is 0.905 bits per heavy atom. The van der Waals surface area contributed by atoms with E-state index in [1.807, 2.05) is 0 Å². The Kier molecular flexibility index (Phi) is 3.96. The van der Waals surface area contributed by atoms with Gasteiger partial charge in [0.2, 0.25) is 0 Å². The van der Waals surface area contributed by atoms with Crippen molar-refractivity contribution in [3.05, 3.63) is 65.2 Å². The summed E-state index contributed by atoms with van der Waals surface area (Å²) in [5.74, 6) is 0.608. The van der Waals surface area contributed by atoms with Crippen LogP contribution in [0.15, 0.2) is 48.5 Å². The number of hydrogen-bond acceptors (Lipinski definition) is 2. The second-order valence-corrected chi connectivity index (χ2v) is 5.01. The molecule has 2 N–H and O–H groups in total. The molecule has 2 aromatic rings. The molecule has 0 bridgehead atoms. The van der Waals surface area contributed by atoms with Crippen molar-refractivity contribution in [1.82, 2.24) is 0 Å². The number of rotatable bonds is 3. The highest BCUT2D eigenvalue weighted by atomic mass is 19.4. The number of ether oxygens (including phenoxy) is 1. The first-order chi connectivity index (χ1) is 9.75. The lowest BCUT2D eigenvalue weighted by Crippen LogP contribution is -2.34. The van der Waals surface area contributed by atoms with Crippen LogP contribution in [-0.4, -0.2) is 7.11 Å². The summed E-state index contributed by atoms with van der Waals surface area (Å²) >= 11 is 0. The van der Waals surface area contributed by atoms with Gasteiger partial charge in [0, 0.05) is 0 Å². The highest BCUT2D eigenvalue weighted by Crippen LogP contribution is 2.34. The standard InChI is InChI=1S/C16H16F3NO/c1-15(20,12-6-4-8-14(10-12)21-2)11-5-3-7-13(9-11)16(17,18)19/h3-10H,20H2,1-2H3. The second kappa shape index (κ2) is 5.41. The van der Waals surface area contributed by atoms with E-state index < -0.39 is 17.3 Å². The van der Waals surface area contributed by atoms with Gasteiger partial charge < -0.3 is 10.5 Å². The van der Waals surface area contributed by atoms with E-state index in [9.17, 15) is 13.2 Å². The van der Waals surface area contributed by atoms with Gasteiger partial charge in [-0.05, 0) is 42.3 Å². The average molecular weight is 295 g/mol. The third kappa shape index (κ3) is 3.19. The number of methoxy groups -OCH3 is 1. The van der Waals surface area contributed by atoms with Crippen LogP contribution in [0.1, 0.15) is 23.6 Å². The summed E-state index contributed by atoms with van der Waals surface area (Å²) in [6, 6.07) is 12.1. The lowest BCUT2D eigenvalue weighted by molar-refractivity contribution is -0.137. The van der Waals surface area contributed by atoms with Crippen molar-refractivity contribution >= 4 is 0 Å². The Morgan fingerprint density at radius 3 is 2.00 bits per heavy atom. The molecule has 2 rings (SSSR count). The van der Waals surface area contributed by atoms with Gasteiger partial charge in [-0.25, -0.2) is 0 Å². The first-order valence-corrected chi connectivity index (χ1v) is 6.36. The monoisotopic (exact) mass is 295 g/mol. The van der Waals surface area contributed by atoms with Crippen LogP contribution in [0.3, 0.4) is 0 Å². The van der Waals surface area contributed by atoms with E-state index in [2.05, 4.69) is 0 Å². The molecule has 2 nitrogen and oxygen atoms in total. The largest absolute Gasteiger partial charge is 0.497 e. The van der Waals surface area contributed by atoms with Crippen molar-refractivity contribution in [3.8, 4) is 5.75 Å². The van der Waals surface area contributed by atoms with E-state index in [-0.39, 0.29) is 0 Å². The minimum atomic E-state index is -4.39. The summed E-state index contributed by atoms with van der Waals surface area (Å²) in [5.41, 5.74) is 5.59. The molecule has 1 atom stereocenters. The maximum absolute atomic E-state index is 12.8. The van der Waals surface area contributed by atoms with Crippen LogP contribution in [-0.2, 0) is 11.7 Å². The molecule has 0 spiro atoms. The summed E-state index contributed by atoms with van der Waals surface area (Å²) in [7, 11) is 1.53. The summed E-state index contributed by atoms with van der Waals surface area (Å²) in [4.78, 5) is 0. The normalized spacial score (nSPS) is 14.6. The molecule has 0 fully saturated rings. The molecule has 1 unspecified atom stereocenters. The van der Waals surface area contributed by atoms with Gasteiger partial charge in [-0.2, -0.15) is 13.2 Å². The highest BCUT2D eigenvalue weighted by molar-refractivity contribution is 5.42. The fraction of sp³-hybridized carbons (Fsp3) is 0.250. The average Bonchev–Trinajstić information content (AvgIpc) is 2.46. The predicted octanol–water partition coefficient (Wildman–Crippen LogP) is 3.94. The zero-order chi connectivity index (χ0) is 15.7. The molecule has 0 aliphatic carbocycles. The quantitative estimate of drug-likeness (QED) is 0.931. The Morgan fingerprint density at radius 2 is 1.43 bits per heavy atom. The molecule has 0 heterocycles. The molecule has 0 radical (unpaired) electrons. The topological polar surface area (TPSA) is 35.2 Å². The van der Waals surface area contributed by atoms with Crippen LogP contribution in [0.2, 0.25) is 0 Å². The van der Waals surface area contributed by atoms with Crippen molar-refractivity contribution in [2.75, 3.05) is 7.11 Å². The summed E-state index contributed by atoms with van der Waals surface area (Å²) < 4.78 is 43.6. The van der Waals surface area contributed by atoms with Crippen molar-refractivity contribution in [2.45, 2.75) is 18.6 Å². The third-order valence-corrected chi connectivity index (χ3v) is 3.46. The van der Waals surface area contributed by atoms with E-state index in [0.717, 1.165) is 12.1 Å². The Labute approximate surface area is 121 Å². The molecule has 0 aromatic heterocycles. The molecule has 0 aliphatic rings. The molecule has 5 heteroatoms. The molecule has 0 aliphatic heterocycles. The summed E-state index contributed by atoms with van der Waals surface area (Å²) in [6.07, 6.45) is -4.39. The zero-order valence-corrected chi connectivity index (χ0v) is 11.7. The molecule has 2 aromatic carbocycles.